The van der Waals surface area contributed by atoms with Gasteiger partial charge in [0.25, 0.3) is 0 Å². The molecule has 2 aromatic carbocycles. The number of nitrogens with zero attached hydrogens (tertiary/aromatic N) is 2. The summed E-state index contributed by atoms with van der Waals surface area (Å²) in [5, 5.41) is 11.0. The lowest BCUT2D eigenvalue weighted by Crippen LogP contribution is -2.25. The number of carbonyl (C=O) groups is 1. The highest BCUT2D eigenvalue weighted by molar-refractivity contribution is 5.75. The van der Waals surface area contributed by atoms with E-state index in [1.807, 2.05) is 61.5 Å². The van der Waals surface area contributed by atoms with Crippen LogP contribution in [0.25, 0.3) is 11.5 Å². The van der Waals surface area contributed by atoms with Gasteiger partial charge in [0.05, 0.1) is 6.61 Å². The van der Waals surface area contributed by atoms with E-state index < -0.39 is 0 Å². The van der Waals surface area contributed by atoms with Crippen LogP contribution in [0.2, 0.25) is 0 Å². The molecule has 27 heavy (non-hydrogen) atoms. The highest BCUT2D eigenvalue weighted by Crippen LogP contribution is 2.18. The van der Waals surface area contributed by atoms with Crippen LogP contribution in [0, 0.1) is 6.92 Å². The molecule has 0 bridgehead atoms. The molecule has 140 valence electrons. The SMILES string of the molecule is Cc1ccc(-c2nnc(CCNC(=O)CCCOc3ccccc3)o2)cc1. The van der Waals surface area contributed by atoms with Crippen LogP contribution in [0.5, 0.6) is 5.75 Å². The Bertz CT molecular complexity index is 845. The molecule has 0 radical (unpaired) electrons. The van der Waals surface area contributed by atoms with E-state index in [1.54, 1.807) is 0 Å². The largest absolute Gasteiger partial charge is 0.494 e. The first kappa shape index (κ1) is 18.6. The third kappa shape index (κ3) is 5.95. The van der Waals surface area contributed by atoms with Crippen molar-refractivity contribution in [2.45, 2.75) is 26.2 Å². The molecule has 0 aliphatic heterocycles. The van der Waals surface area contributed by atoms with Crippen LogP contribution >= 0.6 is 0 Å². The third-order valence-corrected chi connectivity index (χ3v) is 3.99. The zero-order chi connectivity index (χ0) is 18.9. The van der Waals surface area contributed by atoms with Gasteiger partial charge in [-0.2, -0.15) is 0 Å². The number of aryl methyl sites for hydroxylation is 1. The molecule has 1 amide bonds. The first-order valence-corrected chi connectivity index (χ1v) is 9.05. The van der Waals surface area contributed by atoms with Gasteiger partial charge in [-0.25, -0.2) is 0 Å². The van der Waals surface area contributed by atoms with Crippen LogP contribution in [0.3, 0.4) is 0 Å². The van der Waals surface area contributed by atoms with Gasteiger partial charge in [-0.15, -0.1) is 10.2 Å². The van der Waals surface area contributed by atoms with Gasteiger partial charge < -0.3 is 14.5 Å². The molecule has 0 saturated carbocycles. The average molecular weight is 365 g/mol. The van der Waals surface area contributed by atoms with Gasteiger partial charge in [0, 0.05) is 24.9 Å². The second-order valence-electron chi connectivity index (χ2n) is 6.23. The van der Waals surface area contributed by atoms with Crippen molar-refractivity contribution in [1.82, 2.24) is 15.5 Å². The highest BCUT2D eigenvalue weighted by Gasteiger charge is 2.09. The summed E-state index contributed by atoms with van der Waals surface area (Å²) in [6.07, 6.45) is 1.59. The van der Waals surface area contributed by atoms with E-state index in [0.717, 1.165) is 11.3 Å². The normalized spacial score (nSPS) is 10.6. The maximum atomic E-state index is 11.9. The summed E-state index contributed by atoms with van der Waals surface area (Å²) in [4.78, 5) is 11.9. The van der Waals surface area contributed by atoms with Crippen LogP contribution in [0.1, 0.15) is 24.3 Å². The van der Waals surface area contributed by atoms with Gasteiger partial charge >= 0.3 is 0 Å². The Balaban J connectivity index is 1.33. The van der Waals surface area contributed by atoms with Crippen molar-refractivity contribution in [3.8, 4) is 17.2 Å². The first-order valence-electron chi connectivity index (χ1n) is 9.05. The minimum atomic E-state index is -0.00932. The number of ether oxygens (including phenoxy) is 1. The van der Waals surface area contributed by atoms with Crippen molar-refractivity contribution in [3.63, 3.8) is 0 Å². The van der Waals surface area contributed by atoms with E-state index in [0.29, 0.717) is 44.2 Å². The van der Waals surface area contributed by atoms with Crippen LogP contribution in [0.4, 0.5) is 0 Å². The predicted octanol–water partition coefficient (Wildman–Crippen LogP) is 3.56. The van der Waals surface area contributed by atoms with E-state index in [1.165, 1.54) is 5.56 Å². The Morgan fingerprint density at radius 3 is 2.63 bits per heavy atom. The fraction of sp³-hybridized carbons (Fsp3) is 0.286. The third-order valence-electron chi connectivity index (χ3n) is 3.99. The Morgan fingerprint density at radius 2 is 1.85 bits per heavy atom. The molecule has 0 saturated heterocycles. The number of benzene rings is 2. The van der Waals surface area contributed by atoms with Crippen LogP contribution in [0.15, 0.2) is 59.0 Å². The van der Waals surface area contributed by atoms with E-state index in [9.17, 15) is 4.79 Å². The summed E-state index contributed by atoms with van der Waals surface area (Å²) in [5.41, 5.74) is 2.07. The van der Waals surface area contributed by atoms with Crippen molar-refractivity contribution in [2.24, 2.45) is 0 Å². The molecule has 0 aliphatic carbocycles. The molecule has 1 N–H and O–H groups in total. The molecular formula is C21H23N3O3. The lowest BCUT2D eigenvalue weighted by Gasteiger charge is -2.06. The van der Waals surface area contributed by atoms with Gasteiger partial charge in [-0.05, 0) is 37.6 Å². The molecule has 3 rings (SSSR count). The molecule has 0 atom stereocenters. The number of hydrogen-bond donors (Lipinski definition) is 1. The van der Waals surface area contributed by atoms with E-state index in [2.05, 4.69) is 15.5 Å². The average Bonchev–Trinajstić information content (AvgIpc) is 3.15. The summed E-state index contributed by atoms with van der Waals surface area (Å²) in [6, 6.07) is 17.5. The number of rotatable bonds is 9. The topological polar surface area (TPSA) is 77.2 Å². The lowest BCUT2D eigenvalue weighted by molar-refractivity contribution is -0.121. The summed E-state index contributed by atoms with van der Waals surface area (Å²) in [6.45, 7) is 3.01. The predicted molar refractivity (Wildman–Crippen MR) is 102 cm³/mol. The van der Waals surface area contributed by atoms with E-state index in [4.69, 9.17) is 9.15 Å². The maximum absolute atomic E-state index is 11.9. The number of para-hydroxylation sites is 1. The van der Waals surface area contributed by atoms with Gasteiger partial charge in [0.2, 0.25) is 17.7 Å². The van der Waals surface area contributed by atoms with Crippen molar-refractivity contribution in [1.29, 1.82) is 0 Å². The van der Waals surface area contributed by atoms with Crippen LogP contribution in [-0.2, 0) is 11.2 Å². The Kier molecular flexibility index (Phi) is 6.57. The molecule has 3 aromatic rings. The lowest BCUT2D eigenvalue weighted by atomic mass is 10.1. The molecule has 6 heteroatoms. The standard InChI is InChI=1S/C21H23N3O3/c1-16-9-11-17(12-10-16)21-24-23-20(27-21)13-14-22-19(25)8-5-15-26-18-6-3-2-4-7-18/h2-4,6-7,9-12H,5,8,13-15H2,1H3,(H,22,25). The molecule has 0 aliphatic rings. The van der Waals surface area contributed by atoms with Crippen LogP contribution in [-0.4, -0.2) is 29.3 Å². The quantitative estimate of drug-likeness (QED) is 0.587. The fourth-order valence-corrected chi connectivity index (χ4v) is 2.50. The minimum absolute atomic E-state index is 0.00932. The fourth-order valence-electron chi connectivity index (χ4n) is 2.50. The molecule has 0 spiro atoms. The highest BCUT2D eigenvalue weighted by atomic mass is 16.5. The van der Waals surface area contributed by atoms with Gasteiger partial charge in [0.15, 0.2) is 0 Å². The minimum Gasteiger partial charge on any atom is -0.494 e. The second-order valence-corrected chi connectivity index (χ2v) is 6.23. The number of hydrogen-bond acceptors (Lipinski definition) is 5. The van der Waals surface area contributed by atoms with Crippen LogP contribution < -0.4 is 10.1 Å². The zero-order valence-electron chi connectivity index (χ0n) is 15.4. The summed E-state index contributed by atoms with van der Waals surface area (Å²) < 4.78 is 11.2. The number of nitrogens with one attached hydrogen (secondary N) is 1. The molecule has 1 aromatic heterocycles. The van der Waals surface area contributed by atoms with Crippen molar-refractivity contribution < 1.29 is 13.9 Å². The molecule has 0 fully saturated rings. The molecular weight excluding hydrogens is 342 g/mol. The van der Waals surface area contributed by atoms with Crippen molar-refractivity contribution >= 4 is 5.91 Å². The molecule has 0 unspecified atom stereocenters. The molecule has 6 nitrogen and oxygen atoms in total. The Labute approximate surface area is 158 Å². The van der Waals surface area contributed by atoms with E-state index >= 15 is 0 Å². The first-order chi connectivity index (χ1) is 13.2. The zero-order valence-corrected chi connectivity index (χ0v) is 15.4. The van der Waals surface area contributed by atoms with Crippen molar-refractivity contribution in [2.75, 3.05) is 13.2 Å². The second kappa shape index (κ2) is 9.52. The summed E-state index contributed by atoms with van der Waals surface area (Å²) >= 11 is 0. The molecule has 1 heterocycles. The van der Waals surface area contributed by atoms with Gasteiger partial charge in [-0.3, -0.25) is 4.79 Å². The smallest absolute Gasteiger partial charge is 0.247 e. The monoisotopic (exact) mass is 365 g/mol. The maximum Gasteiger partial charge on any atom is 0.247 e. The number of carbonyl (C=O) groups excluding carboxylic acids is 1. The Hall–Kier alpha value is -3.15. The van der Waals surface area contributed by atoms with Gasteiger partial charge in [0.1, 0.15) is 5.75 Å². The Morgan fingerprint density at radius 1 is 1.07 bits per heavy atom. The number of amides is 1. The van der Waals surface area contributed by atoms with Crippen molar-refractivity contribution in [3.05, 3.63) is 66.1 Å². The summed E-state index contributed by atoms with van der Waals surface area (Å²) in [7, 11) is 0. The van der Waals surface area contributed by atoms with Gasteiger partial charge in [-0.1, -0.05) is 35.9 Å². The number of aromatic nitrogens is 2. The summed E-state index contributed by atoms with van der Waals surface area (Å²) in [5.74, 6) is 1.82. The van der Waals surface area contributed by atoms with E-state index in [-0.39, 0.29) is 5.91 Å².